The maximum absolute atomic E-state index is 12.8. The van der Waals surface area contributed by atoms with Gasteiger partial charge >= 0.3 is 5.97 Å². The first-order chi connectivity index (χ1) is 7.85. The largest absolute Gasteiger partial charge is 0.478 e. The summed E-state index contributed by atoms with van der Waals surface area (Å²) in [6, 6.07) is 1.24. The number of aromatic carboxylic acids is 1. The van der Waals surface area contributed by atoms with Crippen LogP contribution in [-0.2, 0) is 0 Å². The molecule has 94 valence electrons. The summed E-state index contributed by atoms with van der Waals surface area (Å²) in [7, 11) is 0. The van der Waals surface area contributed by atoms with Crippen LogP contribution in [0.5, 0.6) is 0 Å². The van der Waals surface area contributed by atoms with Crippen LogP contribution in [0.15, 0.2) is 16.7 Å². The molecule has 0 spiro atoms. The van der Waals surface area contributed by atoms with Crippen molar-refractivity contribution in [1.82, 2.24) is 4.98 Å². The summed E-state index contributed by atoms with van der Waals surface area (Å²) >= 11 is 3.03. The van der Waals surface area contributed by atoms with Gasteiger partial charge in [0.2, 0.25) is 0 Å². The van der Waals surface area contributed by atoms with Crippen molar-refractivity contribution in [3.05, 3.63) is 22.3 Å². The number of nitrogens with one attached hydrogen (secondary N) is 1. The summed E-state index contributed by atoms with van der Waals surface area (Å²) in [5, 5.41) is 19.4. The number of hydrogen-bond donors (Lipinski definition) is 3. The molecule has 0 saturated carbocycles. The van der Waals surface area contributed by atoms with Gasteiger partial charge in [-0.25, -0.2) is 18.6 Å². The third-order valence-corrected chi connectivity index (χ3v) is 2.26. The lowest BCUT2D eigenvalue weighted by Crippen LogP contribution is -2.31. The molecular weight excluding hydrogens is 302 g/mol. The zero-order valence-corrected chi connectivity index (χ0v) is 10.0. The molecule has 0 unspecified atom stereocenters. The number of anilines is 1. The van der Waals surface area contributed by atoms with Gasteiger partial charge < -0.3 is 15.5 Å². The van der Waals surface area contributed by atoms with Gasteiger partial charge in [0, 0.05) is 10.7 Å². The minimum atomic E-state index is -3.33. The lowest BCUT2D eigenvalue weighted by Gasteiger charge is -2.15. The van der Waals surface area contributed by atoms with E-state index < -0.39 is 25.0 Å². The van der Waals surface area contributed by atoms with Crippen LogP contribution in [0.3, 0.4) is 0 Å². The Morgan fingerprint density at radius 3 is 2.76 bits per heavy atom. The second-order valence-electron chi connectivity index (χ2n) is 3.22. The fraction of sp³-hybridized carbons (Fsp3) is 0.333. The molecule has 0 aliphatic rings. The minimum absolute atomic E-state index is 0.172. The number of rotatable bonds is 5. The third-order valence-electron chi connectivity index (χ3n) is 1.83. The molecular formula is C9H9BrF2N2O3. The topological polar surface area (TPSA) is 82.5 Å². The number of carboxylic acids is 1. The molecule has 0 atom stereocenters. The number of aliphatic hydroxyl groups is 1. The summed E-state index contributed by atoms with van der Waals surface area (Å²) in [6.45, 7) is -2.21. The maximum Gasteiger partial charge on any atom is 0.339 e. The van der Waals surface area contributed by atoms with Crippen LogP contribution in [0.2, 0.25) is 0 Å². The Labute approximate surface area is 104 Å². The first-order valence-electron chi connectivity index (χ1n) is 4.47. The number of pyridine rings is 1. The average Bonchev–Trinajstić information content (AvgIpc) is 2.27. The Morgan fingerprint density at radius 1 is 1.59 bits per heavy atom. The molecule has 0 fully saturated rings. The van der Waals surface area contributed by atoms with Crippen molar-refractivity contribution in [2.45, 2.75) is 5.92 Å². The number of carboxylic acid groups (broad SMARTS) is 1. The van der Waals surface area contributed by atoms with Crippen molar-refractivity contribution in [1.29, 1.82) is 0 Å². The van der Waals surface area contributed by atoms with Gasteiger partial charge in [0.05, 0.1) is 6.54 Å². The Bertz CT molecular complexity index is 429. The number of alkyl halides is 2. The van der Waals surface area contributed by atoms with Crippen molar-refractivity contribution < 1.29 is 23.8 Å². The van der Waals surface area contributed by atoms with Crippen molar-refractivity contribution in [3.8, 4) is 0 Å². The number of aromatic nitrogens is 1. The molecule has 1 heterocycles. The van der Waals surface area contributed by atoms with E-state index in [4.69, 9.17) is 10.2 Å². The van der Waals surface area contributed by atoms with Gasteiger partial charge in [0.15, 0.2) is 0 Å². The van der Waals surface area contributed by atoms with E-state index in [1.807, 2.05) is 0 Å². The van der Waals surface area contributed by atoms with E-state index in [9.17, 15) is 13.6 Å². The van der Waals surface area contributed by atoms with Gasteiger partial charge in [0.1, 0.15) is 18.0 Å². The third kappa shape index (κ3) is 3.90. The van der Waals surface area contributed by atoms with Crippen molar-refractivity contribution in [3.63, 3.8) is 0 Å². The first-order valence-corrected chi connectivity index (χ1v) is 5.26. The summed E-state index contributed by atoms with van der Waals surface area (Å²) in [4.78, 5) is 14.5. The Kier molecular flexibility index (Phi) is 4.35. The van der Waals surface area contributed by atoms with Crippen LogP contribution in [-0.4, -0.2) is 40.2 Å². The van der Waals surface area contributed by atoms with Crippen LogP contribution < -0.4 is 5.32 Å². The molecule has 1 rings (SSSR count). The number of carbonyl (C=O) groups is 1. The summed E-state index contributed by atoms with van der Waals surface area (Å²) in [6.07, 6.45) is 1.28. The van der Waals surface area contributed by atoms with Crippen molar-refractivity contribution in [2.75, 3.05) is 18.5 Å². The second kappa shape index (κ2) is 5.37. The van der Waals surface area contributed by atoms with Crippen LogP contribution in [0.25, 0.3) is 0 Å². The maximum atomic E-state index is 12.8. The Morgan fingerprint density at radius 2 is 2.24 bits per heavy atom. The standard InChI is InChI=1S/C9H9BrF2N2O3/c10-5-1-6(8(16)17)7(13-2-5)14-3-9(11,12)4-15/h1-2,15H,3-4H2,(H,13,14)(H,16,17). The Hall–Kier alpha value is -1.28. The van der Waals surface area contributed by atoms with Gasteiger partial charge in [0.25, 0.3) is 5.92 Å². The zero-order valence-electron chi connectivity index (χ0n) is 8.45. The lowest BCUT2D eigenvalue weighted by molar-refractivity contribution is -0.0373. The SMILES string of the molecule is O=C(O)c1cc(Br)cnc1NCC(F)(F)CO. The van der Waals surface area contributed by atoms with E-state index in [2.05, 4.69) is 26.2 Å². The fourth-order valence-electron chi connectivity index (χ4n) is 1.01. The molecule has 17 heavy (non-hydrogen) atoms. The fourth-order valence-corrected chi connectivity index (χ4v) is 1.34. The molecule has 5 nitrogen and oxygen atoms in total. The van der Waals surface area contributed by atoms with Gasteiger partial charge in [-0.1, -0.05) is 0 Å². The molecule has 0 amide bonds. The highest BCUT2D eigenvalue weighted by molar-refractivity contribution is 9.10. The van der Waals surface area contributed by atoms with E-state index in [1.165, 1.54) is 12.3 Å². The lowest BCUT2D eigenvalue weighted by atomic mass is 10.2. The summed E-state index contributed by atoms with van der Waals surface area (Å²) in [5.41, 5.74) is -0.229. The highest BCUT2D eigenvalue weighted by atomic mass is 79.9. The van der Waals surface area contributed by atoms with Crippen LogP contribution in [0, 0.1) is 0 Å². The highest BCUT2D eigenvalue weighted by Gasteiger charge is 2.28. The van der Waals surface area contributed by atoms with Crippen LogP contribution in [0.4, 0.5) is 14.6 Å². The molecule has 0 radical (unpaired) electrons. The van der Waals surface area contributed by atoms with Crippen molar-refractivity contribution >= 4 is 27.7 Å². The van der Waals surface area contributed by atoms with Crippen molar-refractivity contribution in [2.24, 2.45) is 0 Å². The summed E-state index contributed by atoms with van der Waals surface area (Å²) in [5.74, 6) is -4.78. The molecule has 0 aliphatic heterocycles. The Balaban J connectivity index is 2.88. The highest BCUT2D eigenvalue weighted by Crippen LogP contribution is 2.20. The van der Waals surface area contributed by atoms with Gasteiger partial charge in [-0.15, -0.1) is 0 Å². The van der Waals surface area contributed by atoms with Crippen LogP contribution >= 0.6 is 15.9 Å². The smallest absolute Gasteiger partial charge is 0.339 e. The second-order valence-corrected chi connectivity index (χ2v) is 4.14. The van der Waals surface area contributed by atoms with E-state index in [0.717, 1.165) is 0 Å². The number of nitrogens with zero attached hydrogens (tertiary/aromatic N) is 1. The van der Waals surface area contributed by atoms with E-state index >= 15 is 0 Å². The normalized spacial score (nSPS) is 11.3. The summed E-state index contributed by atoms with van der Waals surface area (Å²) < 4.78 is 25.9. The average molecular weight is 311 g/mol. The molecule has 8 heteroatoms. The van der Waals surface area contributed by atoms with E-state index in [-0.39, 0.29) is 11.4 Å². The monoisotopic (exact) mass is 310 g/mol. The van der Waals surface area contributed by atoms with E-state index in [0.29, 0.717) is 4.47 Å². The molecule has 0 aliphatic carbocycles. The first kappa shape index (κ1) is 13.8. The minimum Gasteiger partial charge on any atom is -0.478 e. The predicted octanol–water partition coefficient (Wildman–Crippen LogP) is 1.58. The van der Waals surface area contributed by atoms with Gasteiger partial charge in [-0.05, 0) is 22.0 Å². The molecule has 0 saturated heterocycles. The number of hydrogen-bond acceptors (Lipinski definition) is 4. The quantitative estimate of drug-likeness (QED) is 0.769. The zero-order chi connectivity index (χ0) is 13.1. The molecule has 1 aromatic heterocycles. The van der Waals surface area contributed by atoms with E-state index in [1.54, 1.807) is 0 Å². The molecule has 0 aromatic carbocycles. The number of aliphatic hydroxyl groups excluding tert-OH is 1. The number of halogens is 3. The predicted molar refractivity (Wildman–Crippen MR) is 59.4 cm³/mol. The van der Waals surface area contributed by atoms with Crippen LogP contribution in [0.1, 0.15) is 10.4 Å². The van der Waals surface area contributed by atoms with Gasteiger partial charge in [-0.2, -0.15) is 0 Å². The van der Waals surface area contributed by atoms with Gasteiger partial charge in [-0.3, -0.25) is 0 Å². The molecule has 3 N–H and O–H groups in total. The molecule has 0 bridgehead atoms. The molecule has 1 aromatic rings.